The lowest BCUT2D eigenvalue weighted by Crippen LogP contribution is -2.43. The van der Waals surface area contributed by atoms with Gasteiger partial charge in [0.15, 0.2) is 0 Å². The van der Waals surface area contributed by atoms with Gasteiger partial charge in [0, 0.05) is 25.5 Å². The van der Waals surface area contributed by atoms with Gasteiger partial charge < -0.3 is 10.0 Å². The van der Waals surface area contributed by atoms with Crippen molar-refractivity contribution in [3.8, 4) is 11.8 Å². The Morgan fingerprint density at radius 3 is 2.70 bits per heavy atom. The van der Waals surface area contributed by atoms with Gasteiger partial charge in [-0.1, -0.05) is 32.6 Å². The number of aromatic nitrogens is 1. The Labute approximate surface area is 120 Å². The second kappa shape index (κ2) is 6.53. The molecular weight excluding hydrogens is 252 g/mol. The summed E-state index contributed by atoms with van der Waals surface area (Å²) in [6.07, 6.45) is 3.12. The molecule has 0 aromatic carbocycles. The summed E-state index contributed by atoms with van der Waals surface area (Å²) in [7, 11) is 1.79. The van der Waals surface area contributed by atoms with Crippen LogP contribution in [0.15, 0.2) is 18.5 Å². The van der Waals surface area contributed by atoms with Crippen LogP contribution in [0, 0.1) is 17.3 Å². The third-order valence-electron chi connectivity index (χ3n) is 3.51. The lowest BCUT2D eigenvalue weighted by molar-refractivity contribution is 0.0629. The maximum absolute atomic E-state index is 12.6. The highest BCUT2D eigenvalue weighted by atomic mass is 16.2. The highest BCUT2D eigenvalue weighted by Gasteiger charge is 2.28. The van der Waals surface area contributed by atoms with E-state index in [1.54, 1.807) is 30.4 Å². The van der Waals surface area contributed by atoms with E-state index in [2.05, 4.69) is 37.6 Å². The van der Waals surface area contributed by atoms with Crippen LogP contribution in [-0.2, 0) is 0 Å². The highest BCUT2D eigenvalue weighted by Crippen LogP contribution is 2.24. The molecule has 0 saturated carbocycles. The summed E-state index contributed by atoms with van der Waals surface area (Å²) in [5.41, 5.74) is 1.05. The van der Waals surface area contributed by atoms with Gasteiger partial charge in [-0.05, 0) is 18.4 Å². The van der Waals surface area contributed by atoms with Gasteiger partial charge in [-0.2, -0.15) is 0 Å². The summed E-state index contributed by atoms with van der Waals surface area (Å²) in [6, 6.07) is 1.75. The van der Waals surface area contributed by atoms with Gasteiger partial charge >= 0.3 is 0 Å². The second-order valence-electron chi connectivity index (χ2n) is 5.84. The van der Waals surface area contributed by atoms with E-state index < -0.39 is 0 Å². The van der Waals surface area contributed by atoms with E-state index >= 15 is 0 Å². The zero-order valence-electron chi connectivity index (χ0n) is 12.8. The van der Waals surface area contributed by atoms with E-state index in [1.807, 2.05) is 6.92 Å². The smallest absolute Gasteiger partial charge is 0.255 e. The first kappa shape index (κ1) is 16.2. The molecule has 1 aromatic heterocycles. The standard InChI is InChI=1S/C16H22N2O2/c1-12(16(2,3)4)18(5)15(20)14-8-9-17-11-13(14)7-6-10-19/h8-9,11-12,19H,10H2,1-5H3. The monoisotopic (exact) mass is 274 g/mol. The van der Waals surface area contributed by atoms with Crippen molar-refractivity contribution in [1.82, 2.24) is 9.88 Å². The van der Waals surface area contributed by atoms with Crippen LogP contribution in [0.25, 0.3) is 0 Å². The molecule has 1 unspecified atom stereocenters. The molecule has 1 atom stereocenters. The summed E-state index contributed by atoms with van der Waals surface area (Å²) in [6.45, 7) is 8.08. The van der Waals surface area contributed by atoms with Crippen molar-refractivity contribution >= 4 is 5.91 Å². The van der Waals surface area contributed by atoms with Gasteiger partial charge in [-0.3, -0.25) is 9.78 Å². The van der Waals surface area contributed by atoms with E-state index in [0.717, 1.165) is 0 Å². The van der Waals surface area contributed by atoms with Crippen molar-refractivity contribution in [1.29, 1.82) is 0 Å². The number of carbonyl (C=O) groups is 1. The minimum atomic E-state index is -0.239. The molecular formula is C16H22N2O2. The molecule has 4 heteroatoms. The van der Waals surface area contributed by atoms with Crippen molar-refractivity contribution in [3.05, 3.63) is 29.6 Å². The van der Waals surface area contributed by atoms with Gasteiger partial charge in [-0.15, -0.1) is 0 Å². The molecule has 0 spiro atoms. The zero-order valence-corrected chi connectivity index (χ0v) is 12.8. The predicted octanol–water partition coefficient (Wildman–Crippen LogP) is 1.93. The molecule has 108 valence electrons. The fraction of sp³-hybridized carbons (Fsp3) is 0.500. The number of aliphatic hydroxyl groups excluding tert-OH is 1. The lowest BCUT2D eigenvalue weighted by Gasteiger charge is -2.35. The zero-order chi connectivity index (χ0) is 15.3. The van der Waals surface area contributed by atoms with Crippen LogP contribution in [0.2, 0.25) is 0 Å². The van der Waals surface area contributed by atoms with E-state index in [1.165, 1.54) is 0 Å². The summed E-state index contributed by atoms with van der Waals surface area (Å²) in [5.74, 6) is 5.23. The Kier molecular flexibility index (Phi) is 5.29. The van der Waals surface area contributed by atoms with Gasteiger partial charge in [0.25, 0.3) is 5.91 Å². The number of aliphatic hydroxyl groups is 1. The maximum atomic E-state index is 12.6. The normalized spacial score (nSPS) is 12.3. The minimum Gasteiger partial charge on any atom is -0.384 e. The molecule has 1 heterocycles. The third-order valence-corrected chi connectivity index (χ3v) is 3.51. The van der Waals surface area contributed by atoms with Crippen molar-refractivity contribution in [2.75, 3.05) is 13.7 Å². The average Bonchev–Trinajstić information content (AvgIpc) is 2.42. The molecule has 1 aromatic rings. The van der Waals surface area contributed by atoms with Crippen molar-refractivity contribution in [2.24, 2.45) is 5.41 Å². The molecule has 0 radical (unpaired) electrons. The van der Waals surface area contributed by atoms with Crippen LogP contribution >= 0.6 is 0 Å². The van der Waals surface area contributed by atoms with Crippen LogP contribution in [0.4, 0.5) is 0 Å². The van der Waals surface area contributed by atoms with Crippen LogP contribution in [0.3, 0.4) is 0 Å². The lowest BCUT2D eigenvalue weighted by atomic mass is 9.87. The Morgan fingerprint density at radius 1 is 1.50 bits per heavy atom. The van der Waals surface area contributed by atoms with Gasteiger partial charge in [0.1, 0.15) is 6.61 Å². The SMILES string of the molecule is CC(N(C)C(=O)c1ccncc1C#CCO)C(C)(C)C. The van der Waals surface area contributed by atoms with E-state index in [-0.39, 0.29) is 24.0 Å². The number of nitrogens with zero attached hydrogens (tertiary/aromatic N) is 2. The number of pyridine rings is 1. The van der Waals surface area contributed by atoms with E-state index in [4.69, 9.17) is 5.11 Å². The Hall–Kier alpha value is -1.86. The predicted molar refractivity (Wildman–Crippen MR) is 79.2 cm³/mol. The third kappa shape index (κ3) is 3.82. The molecule has 0 fully saturated rings. The molecule has 0 aliphatic rings. The van der Waals surface area contributed by atoms with Crippen molar-refractivity contribution in [2.45, 2.75) is 33.7 Å². The first-order valence-electron chi connectivity index (χ1n) is 6.60. The largest absolute Gasteiger partial charge is 0.384 e. The number of hydrogen-bond acceptors (Lipinski definition) is 3. The van der Waals surface area contributed by atoms with Crippen LogP contribution in [0.5, 0.6) is 0 Å². The van der Waals surface area contributed by atoms with Gasteiger partial charge in [0.2, 0.25) is 0 Å². The molecule has 1 amide bonds. The van der Waals surface area contributed by atoms with Gasteiger partial charge in [-0.25, -0.2) is 0 Å². The quantitative estimate of drug-likeness (QED) is 0.838. The van der Waals surface area contributed by atoms with Crippen LogP contribution in [0.1, 0.15) is 43.6 Å². The van der Waals surface area contributed by atoms with Crippen LogP contribution < -0.4 is 0 Å². The Balaban J connectivity index is 3.09. The number of carbonyl (C=O) groups excluding carboxylic acids is 1. The summed E-state index contributed by atoms with van der Waals surface area (Å²) >= 11 is 0. The fourth-order valence-electron chi connectivity index (χ4n) is 1.76. The molecule has 1 N–H and O–H groups in total. The number of rotatable bonds is 2. The Bertz CT molecular complexity index is 535. The Morgan fingerprint density at radius 2 is 2.15 bits per heavy atom. The molecule has 0 aliphatic heterocycles. The molecule has 1 rings (SSSR count). The number of amides is 1. The molecule has 0 saturated heterocycles. The highest BCUT2D eigenvalue weighted by molar-refractivity contribution is 5.96. The fourth-order valence-corrected chi connectivity index (χ4v) is 1.76. The minimum absolute atomic E-state index is 0.00557. The average molecular weight is 274 g/mol. The number of hydrogen-bond donors (Lipinski definition) is 1. The molecule has 0 aliphatic carbocycles. The van der Waals surface area contributed by atoms with E-state index in [9.17, 15) is 4.79 Å². The topological polar surface area (TPSA) is 53.4 Å². The summed E-state index contributed by atoms with van der Waals surface area (Å²) in [4.78, 5) is 18.3. The van der Waals surface area contributed by atoms with Crippen LogP contribution in [-0.4, -0.2) is 40.6 Å². The molecule has 20 heavy (non-hydrogen) atoms. The summed E-state index contributed by atoms with van der Waals surface area (Å²) in [5, 5.41) is 8.77. The summed E-state index contributed by atoms with van der Waals surface area (Å²) < 4.78 is 0. The van der Waals surface area contributed by atoms with Gasteiger partial charge in [0.05, 0.1) is 11.1 Å². The van der Waals surface area contributed by atoms with E-state index in [0.29, 0.717) is 11.1 Å². The maximum Gasteiger partial charge on any atom is 0.255 e. The molecule has 0 bridgehead atoms. The van der Waals surface area contributed by atoms with Crippen molar-refractivity contribution in [3.63, 3.8) is 0 Å². The second-order valence-corrected chi connectivity index (χ2v) is 5.84. The first-order chi connectivity index (χ1) is 9.29. The first-order valence-corrected chi connectivity index (χ1v) is 6.60. The molecule has 4 nitrogen and oxygen atoms in total. The van der Waals surface area contributed by atoms with Crippen molar-refractivity contribution < 1.29 is 9.90 Å².